The van der Waals surface area contributed by atoms with Gasteiger partial charge >= 0.3 is 0 Å². The van der Waals surface area contributed by atoms with Crippen molar-refractivity contribution in [1.29, 1.82) is 0 Å². The van der Waals surface area contributed by atoms with Gasteiger partial charge in [0.2, 0.25) is 0 Å². The van der Waals surface area contributed by atoms with Crippen LogP contribution in [0.1, 0.15) is 39.5 Å². The van der Waals surface area contributed by atoms with Gasteiger partial charge < -0.3 is 5.73 Å². The summed E-state index contributed by atoms with van der Waals surface area (Å²) in [4.78, 5) is 14.8. The molecule has 3 atom stereocenters. The van der Waals surface area contributed by atoms with Gasteiger partial charge in [-0.15, -0.1) is 0 Å². The van der Waals surface area contributed by atoms with E-state index in [2.05, 4.69) is 4.90 Å². The molecule has 0 spiro atoms. The first kappa shape index (κ1) is 13.0. The number of nitrogens with two attached hydrogens (primary N) is 1. The predicted molar refractivity (Wildman–Crippen MR) is 69.7 cm³/mol. The molecule has 2 fully saturated rings. The molecule has 1 aliphatic carbocycles. The van der Waals surface area contributed by atoms with E-state index in [-0.39, 0.29) is 12.0 Å². The molecule has 3 heteroatoms. The molecular weight excluding hydrogens is 212 g/mol. The molecule has 2 N–H and O–H groups in total. The van der Waals surface area contributed by atoms with E-state index in [1.807, 2.05) is 13.8 Å². The summed E-state index contributed by atoms with van der Waals surface area (Å²) < 4.78 is 0. The fraction of sp³-hybridized carbons (Fsp3) is 0.929. The standard InChI is InChI=1S/C14H26N2O/c1-10(2)14(17)13-12-6-4-3-5-11(12)9-16(13)8-7-15/h10-13H,3-9,15H2,1-2H3. The number of rotatable bonds is 4. The quantitative estimate of drug-likeness (QED) is 0.810. The van der Waals surface area contributed by atoms with E-state index in [9.17, 15) is 4.79 Å². The van der Waals surface area contributed by atoms with Gasteiger partial charge in [-0.05, 0) is 24.7 Å². The van der Waals surface area contributed by atoms with Crippen molar-refractivity contribution in [2.24, 2.45) is 23.5 Å². The largest absolute Gasteiger partial charge is 0.329 e. The van der Waals surface area contributed by atoms with Gasteiger partial charge in [0.25, 0.3) is 0 Å². The summed E-state index contributed by atoms with van der Waals surface area (Å²) >= 11 is 0. The van der Waals surface area contributed by atoms with Gasteiger partial charge in [-0.1, -0.05) is 26.7 Å². The van der Waals surface area contributed by atoms with Crippen molar-refractivity contribution >= 4 is 5.78 Å². The molecule has 3 nitrogen and oxygen atoms in total. The lowest BCUT2D eigenvalue weighted by Crippen LogP contribution is -2.44. The molecule has 0 radical (unpaired) electrons. The van der Waals surface area contributed by atoms with Gasteiger partial charge in [-0.25, -0.2) is 0 Å². The highest BCUT2D eigenvalue weighted by Crippen LogP contribution is 2.41. The number of likely N-dealkylation sites (tertiary alicyclic amines) is 1. The zero-order valence-corrected chi connectivity index (χ0v) is 11.2. The second-order valence-corrected chi connectivity index (χ2v) is 5.99. The van der Waals surface area contributed by atoms with E-state index >= 15 is 0 Å². The molecule has 2 aliphatic rings. The van der Waals surface area contributed by atoms with E-state index in [4.69, 9.17) is 5.73 Å². The highest BCUT2D eigenvalue weighted by atomic mass is 16.1. The van der Waals surface area contributed by atoms with Crippen LogP contribution in [0.15, 0.2) is 0 Å². The van der Waals surface area contributed by atoms with Crippen LogP contribution in [-0.2, 0) is 4.79 Å². The van der Waals surface area contributed by atoms with Crippen LogP contribution in [0.4, 0.5) is 0 Å². The molecule has 2 rings (SSSR count). The Morgan fingerprint density at radius 1 is 1.35 bits per heavy atom. The number of hydrogen-bond donors (Lipinski definition) is 1. The minimum absolute atomic E-state index is 0.154. The third kappa shape index (κ3) is 2.55. The predicted octanol–water partition coefficient (Wildman–Crippen LogP) is 1.66. The van der Waals surface area contributed by atoms with E-state index in [0.29, 0.717) is 18.2 Å². The van der Waals surface area contributed by atoms with Crippen LogP contribution in [0.3, 0.4) is 0 Å². The normalized spacial score (nSPS) is 34.0. The van der Waals surface area contributed by atoms with Crippen LogP contribution in [0, 0.1) is 17.8 Å². The highest BCUT2D eigenvalue weighted by molar-refractivity contribution is 5.86. The third-order valence-corrected chi connectivity index (χ3v) is 4.51. The summed E-state index contributed by atoms with van der Waals surface area (Å²) in [6.07, 6.45) is 5.21. The summed E-state index contributed by atoms with van der Waals surface area (Å²) in [6, 6.07) is 0.170. The Morgan fingerprint density at radius 2 is 2.06 bits per heavy atom. The van der Waals surface area contributed by atoms with Crippen LogP contribution >= 0.6 is 0 Å². The van der Waals surface area contributed by atoms with Crippen LogP contribution in [-0.4, -0.2) is 36.4 Å². The number of fused-ring (bicyclic) bond motifs is 1. The Balaban J connectivity index is 2.14. The summed E-state index contributed by atoms with van der Waals surface area (Å²) in [5.74, 6) is 1.96. The topological polar surface area (TPSA) is 46.3 Å². The number of nitrogens with zero attached hydrogens (tertiary/aromatic N) is 1. The second-order valence-electron chi connectivity index (χ2n) is 5.99. The first-order valence-corrected chi connectivity index (χ1v) is 7.13. The van der Waals surface area contributed by atoms with E-state index in [0.717, 1.165) is 19.0 Å². The van der Waals surface area contributed by atoms with Crippen molar-refractivity contribution < 1.29 is 4.79 Å². The summed E-state index contributed by atoms with van der Waals surface area (Å²) in [6.45, 7) is 6.71. The smallest absolute Gasteiger partial charge is 0.152 e. The van der Waals surface area contributed by atoms with Gasteiger partial charge in [0.15, 0.2) is 5.78 Å². The Morgan fingerprint density at radius 3 is 2.71 bits per heavy atom. The summed E-state index contributed by atoms with van der Waals surface area (Å²) in [7, 11) is 0. The van der Waals surface area contributed by atoms with Crippen LogP contribution in [0.5, 0.6) is 0 Å². The minimum atomic E-state index is 0.154. The number of carbonyl (C=O) groups is 1. The first-order valence-electron chi connectivity index (χ1n) is 7.13. The molecule has 1 aliphatic heterocycles. The van der Waals surface area contributed by atoms with Crippen LogP contribution < -0.4 is 5.73 Å². The van der Waals surface area contributed by atoms with Crippen molar-refractivity contribution in [2.75, 3.05) is 19.6 Å². The maximum absolute atomic E-state index is 12.4. The van der Waals surface area contributed by atoms with Gasteiger partial charge in [-0.2, -0.15) is 0 Å². The third-order valence-electron chi connectivity index (χ3n) is 4.51. The van der Waals surface area contributed by atoms with Crippen molar-refractivity contribution in [3.05, 3.63) is 0 Å². The summed E-state index contributed by atoms with van der Waals surface area (Å²) in [5, 5.41) is 0. The van der Waals surface area contributed by atoms with Crippen molar-refractivity contribution in [2.45, 2.75) is 45.6 Å². The van der Waals surface area contributed by atoms with Gasteiger partial charge in [0.05, 0.1) is 6.04 Å². The first-order chi connectivity index (χ1) is 8.15. The van der Waals surface area contributed by atoms with Gasteiger partial charge in [-0.3, -0.25) is 9.69 Å². The Kier molecular flexibility index (Phi) is 4.21. The molecule has 98 valence electrons. The maximum atomic E-state index is 12.4. The number of carbonyl (C=O) groups excluding carboxylic acids is 1. The fourth-order valence-corrected chi connectivity index (χ4v) is 3.69. The van der Waals surface area contributed by atoms with Gasteiger partial charge in [0, 0.05) is 25.6 Å². The molecule has 3 unspecified atom stereocenters. The van der Waals surface area contributed by atoms with E-state index in [1.54, 1.807) is 0 Å². The van der Waals surface area contributed by atoms with E-state index < -0.39 is 0 Å². The zero-order valence-electron chi connectivity index (χ0n) is 11.2. The zero-order chi connectivity index (χ0) is 12.4. The van der Waals surface area contributed by atoms with Crippen LogP contribution in [0.25, 0.3) is 0 Å². The fourth-order valence-electron chi connectivity index (χ4n) is 3.69. The minimum Gasteiger partial charge on any atom is -0.329 e. The molecule has 17 heavy (non-hydrogen) atoms. The van der Waals surface area contributed by atoms with Crippen molar-refractivity contribution in [3.8, 4) is 0 Å². The lowest BCUT2D eigenvalue weighted by atomic mass is 9.76. The molecule has 1 saturated heterocycles. The summed E-state index contributed by atoms with van der Waals surface area (Å²) in [5.41, 5.74) is 5.68. The highest BCUT2D eigenvalue weighted by Gasteiger charge is 2.45. The molecule has 0 bridgehead atoms. The molecule has 0 amide bonds. The lowest BCUT2D eigenvalue weighted by Gasteiger charge is -2.30. The Hall–Kier alpha value is -0.410. The maximum Gasteiger partial charge on any atom is 0.152 e. The monoisotopic (exact) mass is 238 g/mol. The van der Waals surface area contributed by atoms with Crippen molar-refractivity contribution in [1.82, 2.24) is 4.90 Å². The number of ketones is 1. The molecule has 0 aromatic heterocycles. The SMILES string of the molecule is CC(C)C(=O)C1C2CCCCC2CN1CCN. The molecular formula is C14H26N2O. The molecule has 0 aromatic rings. The van der Waals surface area contributed by atoms with Crippen LogP contribution in [0.2, 0.25) is 0 Å². The second kappa shape index (κ2) is 5.49. The Labute approximate surface area is 105 Å². The average Bonchev–Trinajstić information content (AvgIpc) is 2.66. The lowest BCUT2D eigenvalue weighted by molar-refractivity contribution is -0.127. The molecule has 1 heterocycles. The van der Waals surface area contributed by atoms with E-state index in [1.165, 1.54) is 25.7 Å². The molecule has 1 saturated carbocycles. The number of hydrogen-bond acceptors (Lipinski definition) is 3. The molecule has 0 aromatic carbocycles. The average molecular weight is 238 g/mol. The van der Waals surface area contributed by atoms with Crippen molar-refractivity contribution in [3.63, 3.8) is 0 Å². The van der Waals surface area contributed by atoms with Gasteiger partial charge in [0.1, 0.15) is 0 Å². The Bertz CT molecular complexity index is 277. The number of Topliss-reactive ketones (excluding diaryl/α,β-unsaturated/α-hetero) is 1.